The molecule has 0 aliphatic rings. The minimum absolute atomic E-state index is 0.0762. The molecule has 0 aromatic carbocycles. The number of unbranched alkanes of at least 4 members (excludes halogenated alkanes) is 2. The first-order valence-corrected chi connectivity index (χ1v) is 6.02. The molecule has 0 aliphatic carbocycles. The van der Waals surface area contributed by atoms with Gasteiger partial charge in [-0.05, 0) is 6.42 Å². The van der Waals surface area contributed by atoms with Gasteiger partial charge in [0.2, 0.25) is 0 Å². The van der Waals surface area contributed by atoms with E-state index in [9.17, 15) is 0 Å². The van der Waals surface area contributed by atoms with Crippen LogP contribution in [-0.4, -0.2) is 28.2 Å². The van der Waals surface area contributed by atoms with E-state index in [2.05, 4.69) is 22.2 Å². The van der Waals surface area contributed by atoms with E-state index in [-0.39, 0.29) is 6.61 Å². The first-order valence-electron chi connectivity index (χ1n) is 5.64. The molecule has 0 atom stereocenters. The lowest BCUT2D eigenvalue weighted by atomic mass is 10.2. The van der Waals surface area contributed by atoms with Gasteiger partial charge in [0, 0.05) is 19.0 Å². The number of aryl methyl sites for hydroxylation is 1. The summed E-state index contributed by atoms with van der Waals surface area (Å²) in [6.07, 6.45) is 4.28. The molecule has 16 heavy (non-hydrogen) atoms. The predicted octanol–water partition coefficient (Wildman–Crippen LogP) is 2.27. The van der Waals surface area contributed by atoms with E-state index in [1.54, 1.807) is 6.07 Å². The fourth-order valence-corrected chi connectivity index (χ4v) is 1.59. The lowest BCUT2D eigenvalue weighted by Gasteiger charge is -2.06. The summed E-state index contributed by atoms with van der Waals surface area (Å²) in [7, 11) is 0. The second kappa shape index (κ2) is 7.41. The maximum absolute atomic E-state index is 8.70. The first kappa shape index (κ1) is 13.2. The molecule has 0 bridgehead atoms. The van der Waals surface area contributed by atoms with Crippen molar-refractivity contribution in [3.8, 4) is 0 Å². The maximum Gasteiger partial charge on any atom is 0.134 e. The van der Waals surface area contributed by atoms with Crippen molar-refractivity contribution >= 4 is 17.4 Å². The molecule has 1 heterocycles. The summed E-state index contributed by atoms with van der Waals surface area (Å²) in [5.74, 6) is 1.45. The molecule has 1 aromatic rings. The molecule has 0 saturated heterocycles. The number of halogens is 1. The Morgan fingerprint density at radius 1 is 1.38 bits per heavy atom. The Morgan fingerprint density at radius 2 is 2.19 bits per heavy atom. The number of hydrogen-bond acceptors (Lipinski definition) is 4. The summed E-state index contributed by atoms with van der Waals surface area (Å²) in [6.45, 7) is 2.71. The van der Waals surface area contributed by atoms with Crippen LogP contribution in [0.5, 0.6) is 0 Å². The average molecular weight is 244 g/mol. The molecular formula is C11H18ClN3O. The van der Waals surface area contributed by atoms with Crippen LogP contribution in [0.1, 0.15) is 32.0 Å². The molecule has 0 spiro atoms. The zero-order valence-corrected chi connectivity index (χ0v) is 10.3. The van der Waals surface area contributed by atoms with E-state index >= 15 is 0 Å². The third-order valence-electron chi connectivity index (χ3n) is 2.16. The number of aromatic nitrogens is 2. The number of aliphatic hydroxyl groups excluding tert-OH is 1. The van der Waals surface area contributed by atoms with Gasteiger partial charge in [0.15, 0.2) is 0 Å². The van der Waals surface area contributed by atoms with Crippen LogP contribution in [0.15, 0.2) is 6.07 Å². The number of aliphatic hydroxyl groups is 1. The Balaban J connectivity index is 2.58. The van der Waals surface area contributed by atoms with E-state index in [1.807, 2.05) is 0 Å². The van der Waals surface area contributed by atoms with E-state index in [4.69, 9.17) is 16.7 Å². The Hall–Kier alpha value is -0.870. The Bertz CT molecular complexity index is 320. The summed E-state index contributed by atoms with van der Waals surface area (Å²) in [6, 6.07) is 1.67. The molecule has 4 nitrogen and oxygen atoms in total. The first-order chi connectivity index (χ1) is 7.76. The third kappa shape index (κ3) is 4.77. The zero-order chi connectivity index (χ0) is 11.8. The van der Waals surface area contributed by atoms with Crippen LogP contribution in [-0.2, 0) is 6.42 Å². The van der Waals surface area contributed by atoms with Crippen LogP contribution < -0.4 is 5.32 Å². The highest BCUT2D eigenvalue weighted by atomic mass is 35.5. The van der Waals surface area contributed by atoms with Gasteiger partial charge in [0.25, 0.3) is 0 Å². The second-order valence-electron chi connectivity index (χ2n) is 3.60. The van der Waals surface area contributed by atoms with Crippen molar-refractivity contribution in [3.05, 3.63) is 17.0 Å². The molecule has 2 N–H and O–H groups in total. The fraction of sp³-hybridized carbons (Fsp3) is 0.636. The van der Waals surface area contributed by atoms with Crippen molar-refractivity contribution < 1.29 is 5.11 Å². The Labute approximate surface area is 101 Å². The smallest absolute Gasteiger partial charge is 0.134 e. The molecular weight excluding hydrogens is 226 g/mol. The number of nitrogens with zero attached hydrogens (tertiary/aromatic N) is 2. The normalized spacial score (nSPS) is 10.4. The Morgan fingerprint density at radius 3 is 2.88 bits per heavy atom. The van der Waals surface area contributed by atoms with Gasteiger partial charge in [0.05, 0.1) is 6.61 Å². The summed E-state index contributed by atoms with van der Waals surface area (Å²) in [5.41, 5.74) is 0. The third-order valence-corrected chi connectivity index (χ3v) is 2.36. The van der Waals surface area contributed by atoms with E-state index in [0.717, 1.165) is 18.7 Å². The maximum atomic E-state index is 8.70. The molecule has 5 heteroatoms. The van der Waals surface area contributed by atoms with Crippen molar-refractivity contribution in [2.45, 2.75) is 32.6 Å². The number of rotatable bonds is 7. The lowest BCUT2D eigenvalue weighted by Crippen LogP contribution is -2.08. The van der Waals surface area contributed by atoms with Gasteiger partial charge in [-0.15, -0.1) is 0 Å². The van der Waals surface area contributed by atoms with Crippen LogP contribution in [0.3, 0.4) is 0 Å². The summed E-state index contributed by atoms with van der Waals surface area (Å²) < 4.78 is 0. The summed E-state index contributed by atoms with van der Waals surface area (Å²) in [4.78, 5) is 8.49. The van der Waals surface area contributed by atoms with Crippen molar-refractivity contribution in [3.63, 3.8) is 0 Å². The quantitative estimate of drug-likeness (QED) is 0.570. The van der Waals surface area contributed by atoms with Gasteiger partial charge in [-0.1, -0.05) is 31.4 Å². The molecule has 0 aliphatic heterocycles. The molecule has 0 unspecified atom stereocenters. The van der Waals surface area contributed by atoms with Gasteiger partial charge < -0.3 is 10.4 Å². The van der Waals surface area contributed by atoms with Crippen LogP contribution in [0.2, 0.25) is 5.15 Å². The number of nitrogens with one attached hydrogen (secondary N) is 1. The lowest BCUT2D eigenvalue weighted by molar-refractivity contribution is 0.311. The largest absolute Gasteiger partial charge is 0.395 e. The topological polar surface area (TPSA) is 58.0 Å². The van der Waals surface area contributed by atoms with Crippen molar-refractivity contribution in [1.82, 2.24) is 9.97 Å². The molecule has 0 fully saturated rings. The van der Waals surface area contributed by atoms with E-state index in [0.29, 0.717) is 17.5 Å². The summed E-state index contributed by atoms with van der Waals surface area (Å²) >= 11 is 5.89. The molecule has 1 aromatic heterocycles. The molecule has 0 radical (unpaired) electrons. The van der Waals surface area contributed by atoms with Crippen LogP contribution in [0.25, 0.3) is 0 Å². The highest BCUT2D eigenvalue weighted by Gasteiger charge is 2.02. The molecule has 1 rings (SSSR count). The average Bonchev–Trinajstić information content (AvgIpc) is 2.26. The van der Waals surface area contributed by atoms with Crippen molar-refractivity contribution in [2.24, 2.45) is 0 Å². The van der Waals surface area contributed by atoms with Gasteiger partial charge in [-0.25, -0.2) is 9.97 Å². The number of anilines is 1. The zero-order valence-electron chi connectivity index (χ0n) is 9.54. The van der Waals surface area contributed by atoms with Crippen molar-refractivity contribution in [1.29, 1.82) is 0 Å². The summed E-state index contributed by atoms with van der Waals surface area (Å²) in [5, 5.41) is 12.1. The molecule has 90 valence electrons. The highest BCUT2D eigenvalue weighted by Crippen LogP contribution is 2.13. The van der Waals surface area contributed by atoms with Gasteiger partial charge in [-0.2, -0.15) is 0 Å². The highest BCUT2D eigenvalue weighted by molar-refractivity contribution is 6.29. The van der Waals surface area contributed by atoms with Crippen LogP contribution in [0.4, 0.5) is 5.82 Å². The fourth-order valence-electron chi connectivity index (χ4n) is 1.38. The molecule has 0 amide bonds. The number of hydrogen-bond donors (Lipinski definition) is 2. The SMILES string of the molecule is CCCCCc1nc(Cl)cc(NCCO)n1. The second-order valence-corrected chi connectivity index (χ2v) is 3.99. The minimum Gasteiger partial charge on any atom is -0.395 e. The monoisotopic (exact) mass is 243 g/mol. The molecule has 0 saturated carbocycles. The standard InChI is InChI=1S/C11H18ClN3O/c1-2-3-4-5-10-14-9(12)8-11(15-10)13-6-7-16/h8,16H,2-7H2,1H3,(H,13,14,15). The Kier molecular flexibility index (Phi) is 6.11. The van der Waals surface area contributed by atoms with Crippen LogP contribution >= 0.6 is 11.6 Å². The van der Waals surface area contributed by atoms with E-state index < -0.39 is 0 Å². The predicted molar refractivity (Wildman–Crippen MR) is 65.8 cm³/mol. The minimum atomic E-state index is 0.0762. The van der Waals surface area contributed by atoms with Gasteiger partial charge in [0.1, 0.15) is 16.8 Å². The van der Waals surface area contributed by atoms with Crippen LogP contribution in [0, 0.1) is 0 Å². The van der Waals surface area contributed by atoms with E-state index in [1.165, 1.54) is 12.8 Å². The van der Waals surface area contributed by atoms with Gasteiger partial charge in [-0.3, -0.25) is 0 Å². The van der Waals surface area contributed by atoms with Crippen molar-refractivity contribution in [2.75, 3.05) is 18.5 Å². The van der Waals surface area contributed by atoms with Gasteiger partial charge >= 0.3 is 0 Å².